The average molecular weight is 355 g/mol. The Labute approximate surface area is 133 Å². The summed E-state index contributed by atoms with van der Waals surface area (Å²) in [5.74, 6) is 0. The molecule has 0 amide bonds. The molecule has 0 fully saturated rings. The van der Waals surface area contributed by atoms with Crippen LogP contribution < -0.4 is 5.32 Å². The highest BCUT2D eigenvalue weighted by Crippen LogP contribution is 2.24. The summed E-state index contributed by atoms with van der Waals surface area (Å²) in [5, 5.41) is 3.90. The minimum Gasteiger partial charge on any atom is -0.367 e. The molecule has 0 spiro atoms. The maximum Gasteiger partial charge on any atom is 0.0954 e. The summed E-state index contributed by atoms with van der Waals surface area (Å²) in [4.78, 5) is 0. The monoisotopic (exact) mass is 353 g/mol. The molecule has 1 unspecified atom stereocenters. The molecule has 20 heavy (non-hydrogen) atoms. The lowest BCUT2D eigenvalue weighted by atomic mass is 10.1. The zero-order chi connectivity index (χ0) is 14.4. The van der Waals surface area contributed by atoms with Crippen LogP contribution in [-0.2, 0) is 11.3 Å². The second-order valence-corrected chi connectivity index (χ2v) is 5.83. The number of halogens is 2. The molecule has 0 bridgehead atoms. The van der Waals surface area contributed by atoms with Crippen LogP contribution in [0.3, 0.4) is 0 Å². The van der Waals surface area contributed by atoms with Crippen LogP contribution in [0.2, 0.25) is 5.02 Å². The predicted octanol–water partition coefficient (Wildman–Crippen LogP) is 4.58. The molecule has 0 saturated carbocycles. The molecule has 1 N–H and O–H groups in total. The minimum absolute atomic E-state index is 0.00577. The van der Waals surface area contributed by atoms with E-state index in [0.29, 0.717) is 6.61 Å². The van der Waals surface area contributed by atoms with Gasteiger partial charge in [-0.05, 0) is 36.4 Å². The Morgan fingerprint density at radius 1 is 1.20 bits per heavy atom. The smallest absolute Gasteiger partial charge is 0.0954 e. The molecule has 0 radical (unpaired) electrons. The van der Waals surface area contributed by atoms with Crippen LogP contribution in [0.15, 0.2) is 53.0 Å². The van der Waals surface area contributed by atoms with Gasteiger partial charge in [0.1, 0.15) is 0 Å². The molecule has 0 saturated heterocycles. The van der Waals surface area contributed by atoms with Crippen molar-refractivity contribution in [2.45, 2.75) is 12.7 Å². The highest BCUT2D eigenvalue weighted by Gasteiger charge is 2.12. The Balaban J connectivity index is 2.08. The van der Waals surface area contributed by atoms with Crippen LogP contribution in [0.1, 0.15) is 17.2 Å². The molecule has 2 rings (SSSR count). The van der Waals surface area contributed by atoms with Crippen molar-refractivity contribution in [3.63, 3.8) is 0 Å². The first kappa shape index (κ1) is 15.5. The maximum atomic E-state index is 6.15. The third-order valence-electron chi connectivity index (χ3n) is 3.01. The Morgan fingerprint density at radius 2 is 2.00 bits per heavy atom. The van der Waals surface area contributed by atoms with Crippen molar-refractivity contribution in [1.29, 1.82) is 0 Å². The molecule has 0 aliphatic heterocycles. The summed E-state index contributed by atoms with van der Waals surface area (Å²) in [7, 11) is 1.92. The van der Waals surface area contributed by atoms with Crippen LogP contribution >= 0.6 is 27.5 Å². The molecule has 0 aliphatic carbocycles. The Kier molecular flexibility index (Phi) is 6.05. The van der Waals surface area contributed by atoms with Gasteiger partial charge in [-0.3, -0.25) is 0 Å². The van der Waals surface area contributed by atoms with Gasteiger partial charge in [-0.2, -0.15) is 0 Å². The quantitative estimate of drug-likeness (QED) is 0.820. The number of benzene rings is 2. The molecule has 4 heteroatoms. The third-order valence-corrected chi connectivity index (χ3v) is 3.87. The zero-order valence-corrected chi connectivity index (χ0v) is 13.6. The summed E-state index contributed by atoms with van der Waals surface area (Å²) in [5.41, 5.74) is 2.14. The number of rotatable bonds is 6. The first-order valence-electron chi connectivity index (χ1n) is 6.46. The van der Waals surface area contributed by atoms with Crippen LogP contribution in [0.5, 0.6) is 0 Å². The average Bonchev–Trinajstić information content (AvgIpc) is 2.45. The number of hydrogen-bond acceptors (Lipinski definition) is 2. The second kappa shape index (κ2) is 7.79. The van der Waals surface area contributed by atoms with Gasteiger partial charge in [-0.25, -0.2) is 0 Å². The first-order valence-corrected chi connectivity index (χ1v) is 7.63. The fraction of sp³-hybridized carbons (Fsp3) is 0.250. The molecule has 0 aromatic heterocycles. The van der Waals surface area contributed by atoms with E-state index < -0.39 is 0 Å². The lowest BCUT2D eigenvalue weighted by Crippen LogP contribution is -2.19. The lowest BCUT2D eigenvalue weighted by molar-refractivity contribution is 0.0411. The molecule has 2 nitrogen and oxygen atoms in total. The second-order valence-electron chi connectivity index (χ2n) is 4.50. The van der Waals surface area contributed by atoms with Gasteiger partial charge in [0.25, 0.3) is 0 Å². The van der Waals surface area contributed by atoms with Gasteiger partial charge in [0, 0.05) is 16.0 Å². The Bertz CT molecular complexity index is 562. The van der Waals surface area contributed by atoms with E-state index in [2.05, 4.69) is 33.4 Å². The number of ether oxygens (including phenoxy) is 1. The molecule has 0 aliphatic rings. The molecular weight excluding hydrogens is 338 g/mol. The van der Waals surface area contributed by atoms with Gasteiger partial charge in [0.05, 0.1) is 12.7 Å². The number of nitrogens with one attached hydrogen (secondary N) is 1. The van der Waals surface area contributed by atoms with Gasteiger partial charge < -0.3 is 10.1 Å². The fourth-order valence-corrected chi connectivity index (χ4v) is 2.58. The highest BCUT2D eigenvalue weighted by atomic mass is 79.9. The van der Waals surface area contributed by atoms with Crippen molar-refractivity contribution in [3.05, 3.63) is 69.2 Å². The molecule has 0 heterocycles. The molecule has 2 aromatic carbocycles. The lowest BCUT2D eigenvalue weighted by Gasteiger charge is -2.19. The minimum atomic E-state index is -0.00577. The van der Waals surface area contributed by atoms with E-state index in [1.165, 1.54) is 0 Å². The van der Waals surface area contributed by atoms with Gasteiger partial charge in [-0.1, -0.05) is 57.9 Å². The summed E-state index contributed by atoms with van der Waals surface area (Å²) in [6.07, 6.45) is -0.00577. The summed E-state index contributed by atoms with van der Waals surface area (Å²) >= 11 is 9.64. The predicted molar refractivity (Wildman–Crippen MR) is 87.1 cm³/mol. The molecule has 106 valence electrons. The van der Waals surface area contributed by atoms with Gasteiger partial charge in [0.2, 0.25) is 0 Å². The number of likely N-dealkylation sites (N-methyl/N-ethyl adjacent to an activating group) is 1. The molecule has 1 atom stereocenters. The Morgan fingerprint density at radius 3 is 2.70 bits per heavy atom. The van der Waals surface area contributed by atoms with Crippen molar-refractivity contribution >= 4 is 27.5 Å². The topological polar surface area (TPSA) is 21.3 Å². The summed E-state index contributed by atoms with van der Waals surface area (Å²) in [6.45, 7) is 1.25. The van der Waals surface area contributed by atoms with E-state index in [9.17, 15) is 0 Å². The van der Waals surface area contributed by atoms with Gasteiger partial charge in [0.15, 0.2) is 0 Å². The highest BCUT2D eigenvalue weighted by molar-refractivity contribution is 9.10. The summed E-state index contributed by atoms with van der Waals surface area (Å²) < 4.78 is 7.08. The van der Waals surface area contributed by atoms with Crippen LogP contribution in [0, 0.1) is 0 Å². The van der Waals surface area contributed by atoms with Crippen molar-refractivity contribution in [1.82, 2.24) is 5.32 Å². The van der Waals surface area contributed by atoms with Crippen molar-refractivity contribution < 1.29 is 4.74 Å². The third kappa shape index (κ3) is 4.32. The van der Waals surface area contributed by atoms with Gasteiger partial charge >= 0.3 is 0 Å². The van der Waals surface area contributed by atoms with E-state index in [-0.39, 0.29) is 6.10 Å². The molecular formula is C16H17BrClNO. The maximum absolute atomic E-state index is 6.15. The Hall–Kier alpha value is -0.870. The van der Waals surface area contributed by atoms with E-state index in [1.807, 2.05) is 43.4 Å². The van der Waals surface area contributed by atoms with E-state index in [4.69, 9.17) is 16.3 Å². The fourth-order valence-electron chi connectivity index (χ4n) is 1.97. The standard InChI is InChI=1S/C16H17BrClNO/c1-19-10-16(12-6-4-7-14(17)9-12)20-11-13-5-2-3-8-15(13)18/h2-9,16,19H,10-11H2,1H3. The number of hydrogen-bond donors (Lipinski definition) is 1. The van der Waals surface area contributed by atoms with E-state index >= 15 is 0 Å². The van der Waals surface area contributed by atoms with Crippen LogP contribution in [-0.4, -0.2) is 13.6 Å². The van der Waals surface area contributed by atoms with Crippen molar-refractivity contribution in [3.8, 4) is 0 Å². The van der Waals surface area contributed by atoms with Gasteiger partial charge in [-0.15, -0.1) is 0 Å². The van der Waals surface area contributed by atoms with E-state index in [1.54, 1.807) is 0 Å². The SMILES string of the molecule is CNCC(OCc1ccccc1Cl)c1cccc(Br)c1. The largest absolute Gasteiger partial charge is 0.367 e. The van der Waals surface area contributed by atoms with Crippen LogP contribution in [0.25, 0.3) is 0 Å². The zero-order valence-electron chi connectivity index (χ0n) is 11.3. The van der Waals surface area contributed by atoms with Crippen molar-refractivity contribution in [2.24, 2.45) is 0 Å². The van der Waals surface area contributed by atoms with Crippen LogP contribution in [0.4, 0.5) is 0 Å². The normalized spacial score (nSPS) is 12.3. The van der Waals surface area contributed by atoms with Crippen molar-refractivity contribution in [2.75, 3.05) is 13.6 Å². The molecule has 2 aromatic rings. The first-order chi connectivity index (χ1) is 9.70. The summed E-state index contributed by atoms with van der Waals surface area (Å²) in [6, 6.07) is 15.9. The van der Waals surface area contributed by atoms with E-state index in [0.717, 1.165) is 27.2 Å².